The highest BCUT2D eigenvalue weighted by Crippen LogP contribution is 2.72. The van der Waals surface area contributed by atoms with Gasteiger partial charge in [0.05, 0.1) is 8.41 Å². The average molecular weight is 246 g/mol. The Morgan fingerprint density at radius 2 is 1.71 bits per heavy atom. The Morgan fingerprint density at radius 3 is 2.24 bits per heavy atom. The molecule has 1 atom stereocenters. The maximum atomic E-state index is 2.45. The zero-order valence-corrected chi connectivity index (χ0v) is 11.2. The molecule has 3 rings (SSSR count). The summed E-state index contributed by atoms with van der Waals surface area (Å²) >= 11 is 0. The fourth-order valence-electron chi connectivity index (χ4n) is 3.88. The molecule has 92 valence electrons. The molecular weight excluding hydrogens is 222 g/mol. The Balaban J connectivity index is 0.00000108. The zero-order chi connectivity index (χ0) is 11.2. The molecule has 0 saturated carbocycles. The molecule has 0 aromatic heterocycles. The second-order valence-corrected chi connectivity index (χ2v) is 8.57. The number of hydrogen-bond donors (Lipinski definition) is 0. The van der Waals surface area contributed by atoms with Crippen molar-refractivity contribution in [1.29, 1.82) is 0 Å². The Kier molecular flexibility index (Phi) is 3.69. The minimum atomic E-state index is 0. The molecule has 0 spiro atoms. The van der Waals surface area contributed by atoms with Crippen LogP contribution < -0.4 is 5.30 Å². The van der Waals surface area contributed by atoms with Gasteiger partial charge in [-0.25, -0.2) is 0 Å². The van der Waals surface area contributed by atoms with E-state index in [2.05, 4.69) is 44.2 Å². The van der Waals surface area contributed by atoms with Gasteiger partial charge in [-0.1, -0.05) is 52.1 Å². The number of hydrogen-bond acceptors (Lipinski definition) is 0. The molecule has 2 heterocycles. The van der Waals surface area contributed by atoms with Crippen LogP contribution in [0.25, 0.3) is 0 Å². The van der Waals surface area contributed by atoms with Crippen LogP contribution >= 0.6 is 7.92 Å². The van der Waals surface area contributed by atoms with Crippen LogP contribution in [0.4, 0.5) is 0 Å². The van der Waals surface area contributed by atoms with Crippen molar-refractivity contribution in [3.63, 3.8) is 0 Å². The first-order valence-corrected chi connectivity index (χ1v) is 7.99. The summed E-state index contributed by atoms with van der Waals surface area (Å²) in [5.74, 6) is 0.867. The molecular formula is C15H24BP. The third kappa shape index (κ3) is 1.87. The van der Waals surface area contributed by atoms with E-state index >= 15 is 0 Å². The Bertz CT molecular complexity index is 366. The Hall–Kier alpha value is -0.285. The lowest BCUT2D eigenvalue weighted by atomic mass is 9.81. The van der Waals surface area contributed by atoms with Crippen molar-refractivity contribution in [2.45, 2.75) is 50.3 Å². The van der Waals surface area contributed by atoms with Crippen molar-refractivity contribution < 1.29 is 0 Å². The number of benzene rings is 1. The lowest BCUT2D eigenvalue weighted by Crippen LogP contribution is -2.30. The normalized spacial score (nSPS) is 35.0. The molecule has 0 N–H and O–H groups in total. The summed E-state index contributed by atoms with van der Waals surface area (Å²) in [5, 5.41) is 2.37. The average Bonchev–Trinajstić information content (AvgIpc) is 2.86. The van der Waals surface area contributed by atoms with E-state index in [9.17, 15) is 0 Å². The molecule has 2 aliphatic heterocycles. The van der Waals surface area contributed by atoms with Crippen LogP contribution in [-0.4, -0.2) is 19.2 Å². The molecule has 2 saturated heterocycles. The predicted molar refractivity (Wildman–Crippen MR) is 82.8 cm³/mol. The number of fused-ring (bicyclic) bond motifs is 2. The van der Waals surface area contributed by atoms with Crippen LogP contribution in [0, 0.1) is 5.92 Å². The first-order chi connectivity index (χ1) is 7.74. The van der Waals surface area contributed by atoms with Crippen molar-refractivity contribution in [3.05, 3.63) is 30.3 Å². The molecule has 0 nitrogen and oxygen atoms in total. The summed E-state index contributed by atoms with van der Waals surface area (Å²) in [6, 6.07) is 11.4. The summed E-state index contributed by atoms with van der Waals surface area (Å²) < 4.78 is 0. The molecule has 1 aromatic carbocycles. The third-order valence-electron chi connectivity index (χ3n) is 4.77. The van der Waals surface area contributed by atoms with Crippen molar-refractivity contribution in [1.82, 2.24) is 0 Å². The van der Waals surface area contributed by atoms with E-state index in [1.807, 2.05) is 0 Å². The molecule has 1 unspecified atom stereocenters. The van der Waals surface area contributed by atoms with E-state index in [0.29, 0.717) is 5.16 Å². The van der Waals surface area contributed by atoms with Gasteiger partial charge < -0.3 is 0 Å². The van der Waals surface area contributed by atoms with Crippen LogP contribution in [-0.2, 0) is 0 Å². The molecule has 0 amide bonds. The van der Waals surface area contributed by atoms with Gasteiger partial charge in [0.2, 0.25) is 0 Å². The van der Waals surface area contributed by atoms with Crippen molar-refractivity contribution in [2.75, 3.05) is 0 Å². The summed E-state index contributed by atoms with van der Waals surface area (Å²) in [6.07, 6.45) is 5.99. The zero-order valence-electron chi connectivity index (χ0n) is 10.3. The van der Waals surface area contributed by atoms with Crippen LogP contribution in [0.5, 0.6) is 0 Å². The Morgan fingerprint density at radius 1 is 1.12 bits per heavy atom. The standard InChI is InChI=1S/C15H21P.BH3/c1-12(2)15-10-8-14(9-11-15)16(15)13-6-4-3-5-7-13;/h3-7,12,14H,8-11H2,1-2H3;1H3. The molecule has 0 aliphatic carbocycles. The monoisotopic (exact) mass is 246 g/mol. The first-order valence-electron chi connectivity index (χ1n) is 6.58. The highest BCUT2D eigenvalue weighted by atomic mass is 31.1. The summed E-state index contributed by atoms with van der Waals surface area (Å²) in [6.45, 7) is 4.90. The summed E-state index contributed by atoms with van der Waals surface area (Å²) in [7, 11) is 0.125. The minimum Gasteiger partial charge on any atom is -0.0655 e. The third-order valence-corrected chi connectivity index (χ3v) is 8.80. The second-order valence-electron chi connectivity index (χ2n) is 5.70. The van der Waals surface area contributed by atoms with E-state index in [1.165, 1.54) is 25.7 Å². The van der Waals surface area contributed by atoms with Crippen molar-refractivity contribution >= 4 is 21.6 Å². The topological polar surface area (TPSA) is 0 Å². The summed E-state index contributed by atoms with van der Waals surface area (Å²) in [5.41, 5.74) is 1.04. The smallest absolute Gasteiger partial charge is 0.0655 e. The molecule has 2 fully saturated rings. The molecule has 0 radical (unpaired) electrons. The van der Waals surface area contributed by atoms with Crippen LogP contribution in [0.2, 0.25) is 0 Å². The highest BCUT2D eigenvalue weighted by Gasteiger charge is 2.54. The number of rotatable bonds is 2. The van der Waals surface area contributed by atoms with Crippen LogP contribution in [0.1, 0.15) is 39.5 Å². The van der Waals surface area contributed by atoms with Crippen molar-refractivity contribution in [3.8, 4) is 0 Å². The Labute approximate surface area is 109 Å². The maximum absolute atomic E-state index is 2.45. The van der Waals surface area contributed by atoms with E-state index in [4.69, 9.17) is 0 Å². The highest BCUT2D eigenvalue weighted by molar-refractivity contribution is 7.68. The van der Waals surface area contributed by atoms with Gasteiger partial charge in [0.15, 0.2) is 0 Å². The van der Waals surface area contributed by atoms with Gasteiger partial charge >= 0.3 is 0 Å². The lowest BCUT2D eigenvalue weighted by Gasteiger charge is -2.36. The van der Waals surface area contributed by atoms with Gasteiger partial charge in [-0.05, 0) is 47.7 Å². The fraction of sp³-hybridized carbons (Fsp3) is 0.600. The van der Waals surface area contributed by atoms with Crippen LogP contribution in [0.3, 0.4) is 0 Å². The van der Waals surface area contributed by atoms with Gasteiger partial charge in [0.1, 0.15) is 0 Å². The molecule has 2 bridgehead atoms. The fourth-order valence-corrected chi connectivity index (χ4v) is 8.10. The maximum Gasteiger partial charge on any atom is 0.0814 e. The molecule has 17 heavy (non-hydrogen) atoms. The minimum absolute atomic E-state index is 0. The SMILES string of the molecule is B.CC(C)C12CCC(CC1)P2c1ccccc1. The van der Waals surface area contributed by atoms with Gasteiger partial charge in [-0.3, -0.25) is 0 Å². The van der Waals surface area contributed by atoms with E-state index in [1.54, 1.807) is 5.30 Å². The van der Waals surface area contributed by atoms with Gasteiger partial charge in [-0.15, -0.1) is 0 Å². The van der Waals surface area contributed by atoms with Gasteiger partial charge in [0.25, 0.3) is 0 Å². The van der Waals surface area contributed by atoms with Crippen LogP contribution in [0.15, 0.2) is 30.3 Å². The van der Waals surface area contributed by atoms with E-state index < -0.39 is 0 Å². The predicted octanol–water partition coefficient (Wildman–Crippen LogP) is 2.96. The molecule has 2 heteroatoms. The van der Waals surface area contributed by atoms with Gasteiger partial charge in [0, 0.05) is 0 Å². The van der Waals surface area contributed by atoms with Crippen molar-refractivity contribution in [2.24, 2.45) is 5.92 Å². The summed E-state index contributed by atoms with van der Waals surface area (Å²) in [4.78, 5) is 0. The van der Waals surface area contributed by atoms with E-state index in [0.717, 1.165) is 11.6 Å². The lowest BCUT2D eigenvalue weighted by molar-refractivity contribution is 0.357. The first kappa shape index (κ1) is 13.2. The second kappa shape index (κ2) is 4.77. The van der Waals surface area contributed by atoms with E-state index in [-0.39, 0.29) is 16.3 Å². The quantitative estimate of drug-likeness (QED) is 0.556. The molecule has 1 aromatic rings. The largest absolute Gasteiger partial charge is 0.0814 e. The van der Waals surface area contributed by atoms with Gasteiger partial charge in [-0.2, -0.15) is 0 Å². The molecule has 2 aliphatic rings.